The first-order valence-corrected chi connectivity index (χ1v) is 6.91. The van der Waals surface area contributed by atoms with Crippen LogP contribution in [0.4, 0.5) is 0 Å². The summed E-state index contributed by atoms with van der Waals surface area (Å²) >= 11 is 0. The normalized spacial score (nSPS) is 19.2. The summed E-state index contributed by atoms with van der Waals surface area (Å²) in [5, 5.41) is -1.87. The molecule has 20 heavy (non-hydrogen) atoms. The van der Waals surface area contributed by atoms with Crippen LogP contribution in [0.5, 0.6) is 0 Å². The van der Waals surface area contributed by atoms with Crippen molar-refractivity contribution in [3.63, 3.8) is 0 Å². The van der Waals surface area contributed by atoms with Crippen LogP contribution in [0.2, 0.25) is 0 Å². The predicted molar refractivity (Wildman–Crippen MR) is 63.7 cm³/mol. The van der Waals surface area contributed by atoms with Gasteiger partial charge in [0.15, 0.2) is 5.25 Å². The van der Waals surface area contributed by atoms with E-state index in [1.54, 1.807) is 18.2 Å². The number of rotatable bonds is 3. The van der Waals surface area contributed by atoms with Crippen LogP contribution in [0.25, 0.3) is 0 Å². The summed E-state index contributed by atoms with van der Waals surface area (Å²) in [6.07, 6.45) is -0.764. The van der Waals surface area contributed by atoms with Crippen molar-refractivity contribution in [3.8, 4) is 0 Å². The molecule has 1 saturated heterocycles. The first-order chi connectivity index (χ1) is 9.30. The fourth-order valence-corrected chi connectivity index (χ4v) is 2.32. The molecule has 1 aromatic carbocycles. The Kier molecular flexibility index (Phi) is 3.55. The third-order valence-corrected chi connectivity index (χ3v) is 3.69. The van der Waals surface area contributed by atoms with Gasteiger partial charge < -0.3 is 4.84 Å². The number of hydrogen-bond acceptors (Lipinski definition) is 6. The molecule has 0 aromatic heterocycles. The average molecular weight is 299 g/mol. The molecule has 0 aliphatic carbocycles. The quantitative estimate of drug-likeness (QED) is 0.605. The molecule has 1 N–H and O–H groups in total. The Morgan fingerprint density at radius 1 is 1.25 bits per heavy atom. The molecule has 9 heteroatoms. The molecule has 1 aliphatic heterocycles. The Bertz CT molecular complexity index is 667. The number of carbonyl (C=O) groups is 3. The van der Waals surface area contributed by atoms with Gasteiger partial charge in [0, 0.05) is 0 Å². The lowest BCUT2D eigenvalue weighted by Crippen LogP contribution is -2.36. The minimum Gasteiger partial charge on any atom is -0.325 e. The highest BCUT2D eigenvalue weighted by molar-refractivity contribution is 7.87. The zero-order valence-corrected chi connectivity index (χ0v) is 10.7. The van der Waals surface area contributed by atoms with Gasteiger partial charge in [-0.3, -0.25) is 14.1 Å². The van der Waals surface area contributed by atoms with Crippen molar-refractivity contribution >= 4 is 27.9 Å². The van der Waals surface area contributed by atoms with Crippen molar-refractivity contribution in [2.45, 2.75) is 11.7 Å². The fourth-order valence-electron chi connectivity index (χ4n) is 1.62. The Morgan fingerprint density at radius 2 is 1.85 bits per heavy atom. The molecule has 1 aromatic rings. The lowest BCUT2D eigenvalue weighted by Gasteiger charge is -2.13. The van der Waals surface area contributed by atoms with Crippen LogP contribution in [-0.2, 0) is 24.5 Å². The third kappa shape index (κ3) is 2.68. The molecule has 2 rings (SSSR count). The zero-order chi connectivity index (χ0) is 14.9. The highest BCUT2D eigenvalue weighted by Crippen LogP contribution is 2.20. The molecule has 1 aliphatic rings. The van der Waals surface area contributed by atoms with Gasteiger partial charge in [0.25, 0.3) is 21.9 Å². The van der Waals surface area contributed by atoms with E-state index in [-0.39, 0.29) is 10.6 Å². The van der Waals surface area contributed by atoms with Crippen molar-refractivity contribution in [2.75, 3.05) is 0 Å². The second-order valence-corrected chi connectivity index (χ2v) is 5.58. The minimum atomic E-state index is -4.72. The largest absolute Gasteiger partial charge is 0.363 e. The molecule has 2 amide bonds. The lowest BCUT2D eigenvalue weighted by atomic mass is 10.2. The van der Waals surface area contributed by atoms with Crippen LogP contribution in [0.1, 0.15) is 16.8 Å². The summed E-state index contributed by atoms with van der Waals surface area (Å²) in [5.74, 6) is -3.29. The molecular weight excluding hydrogens is 290 g/mol. The van der Waals surface area contributed by atoms with E-state index in [4.69, 9.17) is 4.55 Å². The van der Waals surface area contributed by atoms with Gasteiger partial charge in [0.2, 0.25) is 0 Å². The summed E-state index contributed by atoms with van der Waals surface area (Å²) < 4.78 is 30.6. The zero-order valence-electron chi connectivity index (χ0n) is 9.92. The Morgan fingerprint density at radius 3 is 2.35 bits per heavy atom. The maximum atomic E-state index is 11.7. The Labute approximate surface area is 113 Å². The van der Waals surface area contributed by atoms with Crippen LogP contribution in [0.3, 0.4) is 0 Å². The monoisotopic (exact) mass is 299 g/mol. The number of benzene rings is 1. The molecule has 1 fully saturated rings. The fraction of sp³-hybridized carbons (Fsp3) is 0.182. The highest BCUT2D eigenvalue weighted by atomic mass is 32.2. The number of hydrogen-bond donors (Lipinski definition) is 1. The van der Waals surface area contributed by atoms with Gasteiger partial charge in [-0.2, -0.15) is 8.42 Å². The molecule has 106 valence electrons. The van der Waals surface area contributed by atoms with Gasteiger partial charge in [-0.05, 0) is 12.1 Å². The van der Waals surface area contributed by atoms with Gasteiger partial charge in [-0.1, -0.05) is 18.2 Å². The molecule has 0 bridgehead atoms. The molecule has 8 nitrogen and oxygen atoms in total. The summed E-state index contributed by atoms with van der Waals surface area (Å²) in [6.45, 7) is 0. The number of hydroxylamine groups is 2. The van der Waals surface area contributed by atoms with Crippen LogP contribution >= 0.6 is 0 Å². The van der Waals surface area contributed by atoms with E-state index in [1.165, 1.54) is 12.1 Å². The second-order valence-electron chi connectivity index (χ2n) is 3.98. The first kappa shape index (κ1) is 14.2. The third-order valence-electron chi connectivity index (χ3n) is 2.61. The van der Waals surface area contributed by atoms with E-state index < -0.39 is 39.6 Å². The summed E-state index contributed by atoms with van der Waals surface area (Å²) in [5.41, 5.74) is 0.0865. The SMILES string of the molecule is O=C(ON1C(=O)C[C@H](S(=O)(=O)O)C1=O)c1ccccc1. The van der Waals surface area contributed by atoms with Crippen molar-refractivity contribution in [1.82, 2.24) is 5.06 Å². The number of carbonyl (C=O) groups excluding carboxylic acids is 3. The van der Waals surface area contributed by atoms with Crippen LogP contribution in [0.15, 0.2) is 30.3 Å². The summed E-state index contributed by atoms with van der Waals surface area (Å²) in [6, 6.07) is 7.54. The van der Waals surface area contributed by atoms with Gasteiger partial charge in [0.1, 0.15) is 0 Å². The van der Waals surface area contributed by atoms with E-state index in [2.05, 4.69) is 4.84 Å². The standard InChI is InChI=1S/C11H9NO7S/c13-9-6-8(20(16,17)18)10(14)12(9)19-11(15)7-4-2-1-3-5-7/h1-5,8H,6H2,(H,16,17,18)/t8-/m0/s1. The van der Waals surface area contributed by atoms with Gasteiger partial charge in [-0.25, -0.2) is 4.79 Å². The minimum absolute atomic E-state index is 0.0633. The average Bonchev–Trinajstić information content (AvgIpc) is 2.67. The van der Waals surface area contributed by atoms with Crippen molar-refractivity contribution in [1.29, 1.82) is 0 Å². The van der Waals surface area contributed by atoms with E-state index in [0.717, 1.165) is 0 Å². The lowest BCUT2D eigenvalue weighted by molar-refractivity contribution is -0.172. The molecule has 0 saturated carbocycles. The molecule has 0 unspecified atom stereocenters. The van der Waals surface area contributed by atoms with Crippen molar-refractivity contribution in [2.24, 2.45) is 0 Å². The smallest absolute Gasteiger partial charge is 0.325 e. The molecule has 1 heterocycles. The first-order valence-electron chi connectivity index (χ1n) is 5.41. The Hall–Kier alpha value is -2.26. The van der Waals surface area contributed by atoms with E-state index >= 15 is 0 Å². The van der Waals surface area contributed by atoms with Gasteiger partial charge in [0.05, 0.1) is 12.0 Å². The van der Waals surface area contributed by atoms with Crippen LogP contribution in [-0.4, -0.2) is 41.1 Å². The molecule has 0 radical (unpaired) electrons. The number of imide groups is 1. The Balaban J connectivity index is 2.17. The van der Waals surface area contributed by atoms with Crippen molar-refractivity contribution in [3.05, 3.63) is 35.9 Å². The van der Waals surface area contributed by atoms with E-state index in [1.807, 2.05) is 0 Å². The molecule has 0 spiro atoms. The summed E-state index contributed by atoms with van der Waals surface area (Å²) in [4.78, 5) is 39.3. The van der Waals surface area contributed by atoms with Crippen LogP contribution in [0, 0.1) is 0 Å². The predicted octanol–water partition coefficient (Wildman–Crippen LogP) is -0.226. The van der Waals surface area contributed by atoms with Gasteiger partial charge in [-0.15, -0.1) is 5.06 Å². The second kappa shape index (κ2) is 5.02. The van der Waals surface area contributed by atoms with Crippen LogP contribution < -0.4 is 0 Å². The van der Waals surface area contributed by atoms with Gasteiger partial charge >= 0.3 is 5.97 Å². The number of nitrogens with zero attached hydrogens (tertiary/aromatic N) is 1. The molecule has 1 atom stereocenters. The summed E-state index contributed by atoms with van der Waals surface area (Å²) in [7, 11) is -4.72. The van der Waals surface area contributed by atoms with Crippen molar-refractivity contribution < 1.29 is 32.2 Å². The maximum Gasteiger partial charge on any atom is 0.363 e. The maximum absolute atomic E-state index is 11.7. The van der Waals surface area contributed by atoms with E-state index in [0.29, 0.717) is 0 Å². The topological polar surface area (TPSA) is 118 Å². The number of amides is 2. The highest BCUT2D eigenvalue weighted by Gasteiger charge is 2.48. The van der Waals surface area contributed by atoms with E-state index in [9.17, 15) is 22.8 Å². The molecular formula is C11H9NO7S.